The van der Waals surface area contributed by atoms with Gasteiger partial charge in [-0.15, -0.1) is 0 Å². The van der Waals surface area contributed by atoms with E-state index in [1.165, 1.54) is 6.92 Å². The summed E-state index contributed by atoms with van der Waals surface area (Å²) in [6.45, 7) is 2.97. The Morgan fingerprint density at radius 3 is 2.43 bits per heavy atom. The second-order valence-corrected chi connectivity index (χ2v) is 12.3. The van der Waals surface area contributed by atoms with Gasteiger partial charge in [-0.3, -0.25) is 4.79 Å². The van der Waals surface area contributed by atoms with Gasteiger partial charge < -0.3 is 72.1 Å². The maximum atomic E-state index is 12.8. The fraction of sp³-hybridized carbons (Fsp3) is 0.963. The summed E-state index contributed by atoms with van der Waals surface area (Å²) in [7, 11) is 0. The van der Waals surface area contributed by atoms with E-state index in [-0.39, 0.29) is 38.7 Å². The van der Waals surface area contributed by atoms with Gasteiger partial charge >= 0.3 is 0 Å². The Morgan fingerprint density at radius 1 is 1.07 bits per heavy atom. The van der Waals surface area contributed by atoms with Crippen molar-refractivity contribution in [2.45, 2.75) is 138 Å². The minimum absolute atomic E-state index is 0.0439. The fourth-order valence-electron chi connectivity index (χ4n) is 5.69. The Hall–Kier alpha value is -1.05. The number of nitrogens with two attached hydrogens (primary N) is 3. The van der Waals surface area contributed by atoms with Crippen molar-refractivity contribution in [1.29, 1.82) is 0 Å². The van der Waals surface area contributed by atoms with E-state index in [4.69, 9.17) is 41.3 Å². The molecule has 6 unspecified atom stereocenters. The normalized spacial score (nSPS) is 42.6. The van der Waals surface area contributed by atoms with Crippen LogP contribution in [0.15, 0.2) is 0 Å². The molecule has 15 heteroatoms. The molecule has 15 nitrogen and oxygen atoms in total. The molecule has 3 fully saturated rings. The van der Waals surface area contributed by atoms with Crippen molar-refractivity contribution in [3.05, 3.63) is 0 Å². The number of carbonyl (C=O) groups excluding carboxylic acids is 1. The minimum Gasteiger partial charge on any atom is -0.396 e. The fourth-order valence-corrected chi connectivity index (χ4v) is 5.69. The average Bonchev–Trinajstić information content (AvgIpc) is 2.94. The van der Waals surface area contributed by atoms with Gasteiger partial charge in [-0.1, -0.05) is 6.92 Å². The van der Waals surface area contributed by atoms with Crippen LogP contribution in [0.5, 0.6) is 0 Å². The number of hydrogen-bond donors (Lipinski definition) is 10. The van der Waals surface area contributed by atoms with Crippen LogP contribution in [0.25, 0.3) is 0 Å². The van der Waals surface area contributed by atoms with Gasteiger partial charge in [-0.25, -0.2) is 0 Å². The highest BCUT2D eigenvalue weighted by molar-refractivity contribution is 5.80. The molecule has 246 valence electrons. The number of unbranched alkanes of at least 4 members (excludes halogenated alkanes) is 1. The number of ether oxygens (including phenoxy) is 4. The van der Waals surface area contributed by atoms with Gasteiger partial charge in [0.15, 0.2) is 12.6 Å². The van der Waals surface area contributed by atoms with Crippen LogP contribution in [0, 0.1) is 5.92 Å². The molecule has 0 aromatic rings. The smallest absolute Gasteiger partial charge is 0.249 e. The molecule has 42 heavy (non-hydrogen) atoms. The summed E-state index contributed by atoms with van der Waals surface area (Å²) in [5, 5.41) is 64.7. The first-order chi connectivity index (χ1) is 19.8. The standard InChI is InChI=1S/C27H52N4O11/c1-13-20(35)26(39-12-27(13,2)38)42-23-18(31-24(37)19(34)9-14(33)11-28)10-17(30)22(21(23)36)41-25-16(29)7-6-15(40-25)5-3-4-8-32/h13-23,25-26,32-36,38H,3-12,28-30H2,1-2H3,(H,31,37)/t13-,14-,15-,16?,17+,18-,19+,20?,21?,22?,23?,25-,26-,27?/m1/s1. The number of aliphatic hydroxyl groups excluding tert-OH is 5. The lowest BCUT2D eigenvalue weighted by Gasteiger charge is -2.48. The van der Waals surface area contributed by atoms with E-state index in [9.17, 15) is 30.3 Å². The molecule has 0 radical (unpaired) electrons. The van der Waals surface area contributed by atoms with Crippen molar-refractivity contribution in [3.8, 4) is 0 Å². The summed E-state index contributed by atoms with van der Waals surface area (Å²) in [5.74, 6) is -1.47. The lowest BCUT2D eigenvalue weighted by molar-refractivity contribution is -0.314. The number of hydrogen-bond acceptors (Lipinski definition) is 14. The van der Waals surface area contributed by atoms with Crippen LogP contribution in [0.3, 0.4) is 0 Å². The summed E-state index contributed by atoms with van der Waals surface area (Å²) in [6.07, 6.45) is -6.71. The molecule has 14 atom stereocenters. The van der Waals surface area contributed by atoms with Crippen molar-refractivity contribution in [2.24, 2.45) is 23.1 Å². The molecule has 13 N–H and O–H groups in total. The Morgan fingerprint density at radius 2 is 1.76 bits per heavy atom. The molecule has 0 aromatic heterocycles. The molecule has 2 heterocycles. The zero-order valence-corrected chi connectivity index (χ0v) is 24.5. The maximum absolute atomic E-state index is 12.8. The van der Waals surface area contributed by atoms with Crippen molar-refractivity contribution >= 4 is 5.91 Å². The first kappa shape index (κ1) is 35.4. The van der Waals surface area contributed by atoms with Gasteiger partial charge in [-0.05, 0) is 45.4 Å². The molecular formula is C27H52N4O11. The number of nitrogens with one attached hydrogen (secondary N) is 1. The highest BCUT2D eigenvalue weighted by Gasteiger charge is 2.51. The van der Waals surface area contributed by atoms with Crippen LogP contribution in [-0.4, -0.2) is 135 Å². The first-order valence-corrected chi connectivity index (χ1v) is 14.9. The largest absolute Gasteiger partial charge is 0.396 e. The molecule has 0 bridgehead atoms. The quantitative estimate of drug-likeness (QED) is 0.0910. The molecule has 0 aromatic carbocycles. The topological polar surface area (TPSA) is 265 Å². The summed E-state index contributed by atoms with van der Waals surface area (Å²) >= 11 is 0. The summed E-state index contributed by atoms with van der Waals surface area (Å²) in [6, 6.07) is -2.25. The Labute approximate surface area is 246 Å². The van der Waals surface area contributed by atoms with Crippen LogP contribution < -0.4 is 22.5 Å². The van der Waals surface area contributed by atoms with Crippen LogP contribution in [-0.2, 0) is 23.7 Å². The van der Waals surface area contributed by atoms with Gasteiger partial charge in [0.05, 0.1) is 36.5 Å². The van der Waals surface area contributed by atoms with Gasteiger partial charge in [-0.2, -0.15) is 0 Å². The van der Waals surface area contributed by atoms with Crippen molar-refractivity contribution in [3.63, 3.8) is 0 Å². The molecule has 2 aliphatic heterocycles. The van der Waals surface area contributed by atoms with E-state index in [1.54, 1.807) is 6.92 Å². The highest BCUT2D eigenvalue weighted by Crippen LogP contribution is 2.34. The predicted octanol–water partition coefficient (Wildman–Crippen LogP) is -3.50. The van der Waals surface area contributed by atoms with Crippen LogP contribution >= 0.6 is 0 Å². The molecule has 1 saturated carbocycles. The monoisotopic (exact) mass is 608 g/mol. The van der Waals surface area contributed by atoms with Crippen LogP contribution in [0.2, 0.25) is 0 Å². The summed E-state index contributed by atoms with van der Waals surface area (Å²) < 4.78 is 23.9. The number of rotatable bonds is 13. The zero-order chi connectivity index (χ0) is 31.2. The zero-order valence-electron chi connectivity index (χ0n) is 24.5. The molecular weight excluding hydrogens is 556 g/mol. The third kappa shape index (κ3) is 9.00. The third-order valence-corrected chi connectivity index (χ3v) is 8.74. The van der Waals surface area contributed by atoms with Crippen LogP contribution in [0.4, 0.5) is 0 Å². The Kier molecular flexibility index (Phi) is 13.3. The minimum atomic E-state index is -1.59. The van der Waals surface area contributed by atoms with Gasteiger partial charge in [0.1, 0.15) is 30.5 Å². The van der Waals surface area contributed by atoms with E-state index >= 15 is 0 Å². The van der Waals surface area contributed by atoms with Crippen molar-refractivity contribution < 1.29 is 54.4 Å². The number of aliphatic hydroxyl groups is 6. The molecule has 1 amide bonds. The van der Waals surface area contributed by atoms with E-state index in [0.717, 1.165) is 12.8 Å². The van der Waals surface area contributed by atoms with E-state index < -0.39 is 84.8 Å². The summed E-state index contributed by atoms with van der Waals surface area (Å²) in [4.78, 5) is 12.8. The maximum Gasteiger partial charge on any atom is 0.249 e. The molecule has 3 aliphatic rings. The molecule has 3 rings (SSSR count). The lowest BCUT2D eigenvalue weighted by Crippen LogP contribution is -2.68. The molecule has 1 aliphatic carbocycles. The second kappa shape index (κ2) is 15.8. The number of amides is 1. The third-order valence-electron chi connectivity index (χ3n) is 8.74. The SMILES string of the molecule is C[C@@H]1C(O)[C@@H](OC2C(O)C(O[C@H]3O[C@H](CCCCO)CCC3N)[C@@H](N)C[C@H]2NC(=O)[C@@H](O)C[C@@H](O)CN)OCC1(C)O. The van der Waals surface area contributed by atoms with E-state index in [0.29, 0.717) is 19.3 Å². The van der Waals surface area contributed by atoms with Crippen LogP contribution in [0.1, 0.15) is 58.8 Å². The predicted molar refractivity (Wildman–Crippen MR) is 148 cm³/mol. The summed E-state index contributed by atoms with van der Waals surface area (Å²) in [5.41, 5.74) is 16.8. The first-order valence-electron chi connectivity index (χ1n) is 14.9. The molecule has 0 spiro atoms. The molecule has 2 saturated heterocycles. The van der Waals surface area contributed by atoms with Crippen molar-refractivity contribution in [1.82, 2.24) is 5.32 Å². The van der Waals surface area contributed by atoms with Gasteiger partial charge in [0, 0.05) is 31.5 Å². The van der Waals surface area contributed by atoms with Gasteiger partial charge in [0.2, 0.25) is 5.91 Å². The second-order valence-electron chi connectivity index (χ2n) is 12.3. The average molecular weight is 609 g/mol. The van der Waals surface area contributed by atoms with Crippen molar-refractivity contribution in [2.75, 3.05) is 19.8 Å². The Bertz CT molecular complexity index is 842. The highest BCUT2D eigenvalue weighted by atomic mass is 16.7. The van der Waals surface area contributed by atoms with E-state index in [2.05, 4.69) is 5.32 Å². The lowest BCUT2D eigenvalue weighted by atomic mass is 9.82. The Balaban J connectivity index is 1.77. The van der Waals surface area contributed by atoms with E-state index in [1.807, 2.05) is 0 Å². The number of carbonyl (C=O) groups is 1. The van der Waals surface area contributed by atoms with Gasteiger partial charge in [0.25, 0.3) is 0 Å².